The highest BCUT2D eigenvalue weighted by atomic mass is 16.1. The second-order valence-electron chi connectivity index (χ2n) is 4.27. The maximum Gasteiger partial charge on any atom is 0.243 e. The zero-order valence-electron chi connectivity index (χ0n) is 10.7. The molecule has 0 aliphatic heterocycles. The summed E-state index contributed by atoms with van der Waals surface area (Å²) in [4.78, 5) is 13.5. The number of carbonyl (C=O) groups is 1. The van der Waals surface area contributed by atoms with E-state index in [0.29, 0.717) is 6.54 Å². The third-order valence-corrected chi connectivity index (χ3v) is 2.36. The molecule has 0 bridgehead atoms. The van der Waals surface area contributed by atoms with Crippen LogP contribution in [0, 0.1) is 0 Å². The van der Waals surface area contributed by atoms with Gasteiger partial charge in [0, 0.05) is 31.9 Å². The van der Waals surface area contributed by atoms with Crippen LogP contribution in [0.2, 0.25) is 0 Å². The van der Waals surface area contributed by atoms with E-state index < -0.39 is 0 Å². The Labute approximate surface area is 103 Å². The highest BCUT2D eigenvalue weighted by Crippen LogP contribution is 2.09. The predicted molar refractivity (Wildman–Crippen MR) is 72.2 cm³/mol. The molecule has 3 nitrogen and oxygen atoms in total. The number of likely N-dealkylation sites (N-methyl/N-ethyl adjacent to an activating group) is 1. The Bertz CT molecular complexity index is 380. The summed E-state index contributed by atoms with van der Waals surface area (Å²) in [5, 5.41) is 2.86. The van der Waals surface area contributed by atoms with Crippen LogP contribution in [0.4, 0.5) is 5.69 Å². The normalized spacial score (nSPS) is 9.59. The largest absolute Gasteiger partial charge is 0.373 e. The summed E-state index contributed by atoms with van der Waals surface area (Å²) in [6, 6.07) is 10.1. The molecule has 0 fully saturated rings. The molecule has 0 aliphatic carbocycles. The predicted octanol–water partition coefficient (Wildman–Crippen LogP) is 2.21. The summed E-state index contributed by atoms with van der Waals surface area (Å²) in [5.74, 6) is -0.0218. The zero-order valence-corrected chi connectivity index (χ0v) is 10.7. The van der Waals surface area contributed by atoms with E-state index in [0.717, 1.165) is 17.8 Å². The molecular formula is C14H20N2O. The number of benzene rings is 1. The molecule has 1 aromatic rings. The van der Waals surface area contributed by atoms with Crippen molar-refractivity contribution >= 4 is 11.6 Å². The summed E-state index contributed by atoms with van der Waals surface area (Å²) in [6.45, 7) is 5.27. The number of hydrogen-bond acceptors (Lipinski definition) is 2. The van der Waals surface area contributed by atoms with E-state index in [1.807, 2.05) is 39.1 Å². The van der Waals surface area contributed by atoms with Crippen LogP contribution >= 0.6 is 0 Å². The van der Waals surface area contributed by atoms with Gasteiger partial charge in [0.25, 0.3) is 0 Å². The Kier molecular flexibility index (Phi) is 5.27. The molecule has 0 radical (unpaired) electrons. The molecule has 17 heavy (non-hydrogen) atoms. The number of amides is 1. The second-order valence-corrected chi connectivity index (χ2v) is 4.27. The molecule has 92 valence electrons. The fourth-order valence-electron chi connectivity index (χ4n) is 1.47. The van der Waals surface area contributed by atoms with E-state index in [4.69, 9.17) is 0 Å². The Balaban J connectivity index is 2.32. The third-order valence-electron chi connectivity index (χ3n) is 2.36. The van der Waals surface area contributed by atoms with E-state index in [1.165, 1.54) is 0 Å². The highest BCUT2D eigenvalue weighted by molar-refractivity contribution is 5.88. The van der Waals surface area contributed by atoms with Crippen LogP contribution in [0.5, 0.6) is 0 Å². The van der Waals surface area contributed by atoms with Crippen LogP contribution in [0.3, 0.4) is 0 Å². The molecule has 0 saturated carbocycles. The molecule has 1 amide bonds. The lowest BCUT2D eigenvalue weighted by Gasteiger charge is -2.19. The van der Waals surface area contributed by atoms with Gasteiger partial charge in [0.2, 0.25) is 5.91 Å². The number of rotatable bonds is 5. The standard InChI is InChI=1S/C14H20N2O/c1-12(2)11-14(17)15-9-10-16(3)13-7-5-4-6-8-13/h4-8,11H,9-10H2,1-3H3,(H,15,17). The average Bonchev–Trinajstić information content (AvgIpc) is 2.29. The summed E-state index contributed by atoms with van der Waals surface area (Å²) < 4.78 is 0. The SMILES string of the molecule is CC(C)=CC(=O)NCCN(C)c1ccccc1. The van der Waals surface area contributed by atoms with E-state index in [9.17, 15) is 4.79 Å². The van der Waals surface area contributed by atoms with Crippen molar-refractivity contribution in [1.29, 1.82) is 0 Å². The minimum absolute atomic E-state index is 0.0218. The van der Waals surface area contributed by atoms with Gasteiger partial charge < -0.3 is 10.2 Å². The second kappa shape index (κ2) is 6.74. The van der Waals surface area contributed by atoms with Gasteiger partial charge in [-0.05, 0) is 26.0 Å². The van der Waals surface area contributed by atoms with Crippen LogP contribution in [-0.4, -0.2) is 26.0 Å². The van der Waals surface area contributed by atoms with Gasteiger partial charge in [-0.25, -0.2) is 0 Å². The van der Waals surface area contributed by atoms with Gasteiger partial charge >= 0.3 is 0 Å². The Morgan fingerprint density at radius 2 is 1.94 bits per heavy atom. The molecule has 1 N–H and O–H groups in total. The van der Waals surface area contributed by atoms with Crippen molar-refractivity contribution in [2.45, 2.75) is 13.8 Å². The molecule has 1 rings (SSSR count). The van der Waals surface area contributed by atoms with E-state index in [1.54, 1.807) is 6.08 Å². The van der Waals surface area contributed by atoms with Gasteiger partial charge in [-0.3, -0.25) is 4.79 Å². The van der Waals surface area contributed by atoms with Crippen molar-refractivity contribution in [3.05, 3.63) is 42.0 Å². The topological polar surface area (TPSA) is 32.3 Å². The molecule has 1 aromatic carbocycles. The molecular weight excluding hydrogens is 212 g/mol. The molecule has 0 heterocycles. The lowest BCUT2D eigenvalue weighted by atomic mass is 10.3. The first-order valence-corrected chi connectivity index (χ1v) is 5.78. The van der Waals surface area contributed by atoms with Crippen LogP contribution in [0.15, 0.2) is 42.0 Å². The first-order valence-electron chi connectivity index (χ1n) is 5.78. The van der Waals surface area contributed by atoms with Crippen LogP contribution in [0.1, 0.15) is 13.8 Å². The van der Waals surface area contributed by atoms with Crippen molar-refractivity contribution in [3.63, 3.8) is 0 Å². The average molecular weight is 232 g/mol. The quantitative estimate of drug-likeness (QED) is 0.789. The minimum Gasteiger partial charge on any atom is -0.373 e. The van der Waals surface area contributed by atoms with Gasteiger partial charge in [0.05, 0.1) is 0 Å². The van der Waals surface area contributed by atoms with Crippen molar-refractivity contribution in [2.24, 2.45) is 0 Å². The number of hydrogen-bond donors (Lipinski definition) is 1. The van der Waals surface area contributed by atoms with Gasteiger partial charge in [0.15, 0.2) is 0 Å². The molecule has 0 saturated heterocycles. The van der Waals surface area contributed by atoms with Gasteiger partial charge in [0.1, 0.15) is 0 Å². The van der Waals surface area contributed by atoms with Gasteiger partial charge in [-0.1, -0.05) is 23.8 Å². The smallest absolute Gasteiger partial charge is 0.243 e. The first kappa shape index (κ1) is 13.3. The molecule has 0 aliphatic rings. The van der Waals surface area contributed by atoms with Crippen molar-refractivity contribution < 1.29 is 4.79 Å². The molecule has 0 spiro atoms. The monoisotopic (exact) mass is 232 g/mol. The van der Waals surface area contributed by atoms with Crippen molar-refractivity contribution in [1.82, 2.24) is 5.32 Å². The summed E-state index contributed by atoms with van der Waals surface area (Å²) in [7, 11) is 2.02. The van der Waals surface area contributed by atoms with E-state index in [-0.39, 0.29) is 5.91 Å². The molecule has 0 unspecified atom stereocenters. The fraction of sp³-hybridized carbons (Fsp3) is 0.357. The highest BCUT2D eigenvalue weighted by Gasteiger charge is 2.00. The first-order chi connectivity index (χ1) is 8.09. The number of carbonyl (C=O) groups excluding carboxylic acids is 1. The summed E-state index contributed by atoms with van der Waals surface area (Å²) >= 11 is 0. The fourth-order valence-corrected chi connectivity index (χ4v) is 1.47. The summed E-state index contributed by atoms with van der Waals surface area (Å²) in [6.07, 6.45) is 1.61. The van der Waals surface area contributed by atoms with Crippen LogP contribution in [-0.2, 0) is 4.79 Å². The number of allylic oxidation sites excluding steroid dienone is 1. The number of anilines is 1. The number of para-hydroxylation sites is 1. The minimum atomic E-state index is -0.0218. The van der Waals surface area contributed by atoms with Crippen molar-refractivity contribution in [3.8, 4) is 0 Å². The summed E-state index contributed by atoms with van der Waals surface area (Å²) in [5.41, 5.74) is 2.17. The lowest BCUT2D eigenvalue weighted by molar-refractivity contribution is -0.116. The number of nitrogens with one attached hydrogen (secondary N) is 1. The Morgan fingerprint density at radius 3 is 2.53 bits per heavy atom. The van der Waals surface area contributed by atoms with Crippen LogP contribution < -0.4 is 10.2 Å². The Hall–Kier alpha value is -1.77. The Morgan fingerprint density at radius 1 is 1.29 bits per heavy atom. The molecule has 0 atom stereocenters. The van der Waals surface area contributed by atoms with E-state index >= 15 is 0 Å². The third kappa shape index (κ3) is 5.20. The molecule has 3 heteroatoms. The lowest BCUT2D eigenvalue weighted by Crippen LogP contribution is -2.32. The molecule has 0 aromatic heterocycles. The van der Waals surface area contributed by atoms with Crippen molar-refractivity contribution in [2.75, 3.05) is 25.0 Å². The number of nitrogens with zero attached hydrogens (tertiary/aromatic N) is 1. The van der Waals surface area contributed by atoms with E-state index in [2.05, 4.69) is 22.3 Å². The maximum atomic E-state index is 11.4. The zero-order chi connectivity index (χ0) is 12.7. The van der Waals surface area contributed by atoms with Gasteiger partial charge in [-0.2, -0.15) is 0 Å². The maximum absolute atomic E-state index is 11.4. The van der Waals surface area contributed by atoms with Crippen LogP contribution in [0.25, 0.3) is 0 Å². The van der Waals surface area contributed by atoms with Gasteiger partial charge in [-0.15, -0.1) is 0 Å².